The minimum atomic E-state index is -4.95. The SMILES string of the molecule is CCCCCCCC(=O)OC[C@H](COP(=O)(O)OC[C@H](O)COP(=O)(O)OC[C@@H](COC(=O)CCCCCCCCCCCCC(C)CC)OC(=O)CCCCCCCCCCCCCCCCCCCCC(C)CC)OC(=O)CCCCCCCCCCCCC(C)C. The number of aliphatic hydroxyl groups is 1. The van der Waals surface area contributed by atoms with Crippen LogP contribution in [0.1, 0.15) is 382 Å². The Bertz CT molecular complexity index is 1840. The first kappa shape index (κ1) is 92.1. The van der Waals surface area contributed by atoms with Gasteiger partial charge >= 0.3 is 39.5 Å². The standard InChI is InChI=1S/C75H146O17P2/c1-8-11-12-39-49-56-72(77)85-62-70(91-74(79)59-52-45-38-32-25-23-27-33-40-46-53-66(4)5)64-89-93(81,82)87-60-69(76)61-88-94(83,84)90-65-71(63-86-73(78)57-50-43-36-30-26-24-29-35-42-48-55-68(7)10-3)92-75(80)58-51-44-37-31-22-20-18-16-14-13-15-17-19-21-28-34-41-47-54-67(6)9-2/h66-71,76H,8-65H2,1-7H3,(H,81,82)(H,83,84)/t67?,68?,69-,70+,71+/m0/s1. The quantitative estimate of drug-likeness (QED) is 0.0222. The first-order chi connectivity index (χ1) is 45.3. The molecule has 0 spiro atoms. The molecule has 0 fully saturated rings. The van der Waals surface area contributed by atoms with Gasteiger partial charge in [0.1, 0.15) is 19.3 Å². The predicted molar refractivity (Wildman–Crippen MR) is 381 cm³/mol. The van der Waals surface area contributed by atoms with Crippen LogP contribution in [0.5, 0.6) is 0 Å². The Balaban J connectivity index is 5.12. The molecule has 4 unspecified atom stereocenters. The summed E-state index contributed by atoms with van der Waals surface area (Å²) in [6.07, 6.45) is 51.7. The van der Waals surface area contributed by atoms with E-state index in [1.807, 2.05) is 0 Å². The zero-order valence-corrected chi connectivity index (χ0v) is 63.2. The van der Waals surface area contributed by atoms with E-state index in [9.17, 15) is 43.2 Å². The van der Waals surface area contributed by atoms with Gasteiger partial charge in [0.2, 0.25) is 0 Å². The molecule has 7 atom stereocenters. The molecule has 558 valence electrons. The van der Waals surface area contributed by atoms with Gasteiger partial charge in [0, 0.05) is 25.7 Å². The van der Waals surface area contributed by atoms with Crippen LogP contribution in [0.3, 0.4) is 0 Å². The zero-order valence-electron chi connectivity index (χ0n) is 61.4. The van der Waals surface area contributed by atoms with Crippen molar-refractivity contribution in [2.75, 3.05) is 39.6 Å². The largest absolute Gasteiger partial charge is 0.472 e. The van der Waals surface area contributed by atoms with Gasteiger partial charge in [-0.05, 0) is 43.4 Å². The first-order valence-electron chi connectivity index (χ1n) is 38.9. The summed E-state index contributed by atoms with van der Waals surface area (Å²) in [5, 5.41) is 10.6. The molecular formula is C75H146O17P2. The van der Waals surface area contributed by atoms with Crippen molar-refractivity contribution >= 4 is 39.5 Å². The van der Waals surface area contributed by atoms with E-state index in [-0.39, 0.29) is 25.7 Å². The van der Waals surface area contributed by atoms with E-state index in [1.54, 1.807) is 0 Å². The predicted octanol–water partition coefficient (Wildman–Crippen LogP) is 21.8. The zero-order chi connectivity index (χ0) is 69.4. The van der Waals surface area contributed by atoms with Crippen LogP contribution >= 0.6 is 15.6 Å². The molecule has 94 heavy (non-hydrogen) atoms. The Morgan fingerprint density at radius 1 is 0.309 bits per heavy atom. The normalized spacial score (nSPS) is 14.7. The summed E-state index contributed by atoms with van der Waals surface area (Å²) >= 11 is 0. The summed E-state index contributed by atoms with van der Waals surface area (Å²) in [6.45, 7) is 11.9. The summed E-state index contributed by atoms with van der Waals surface area (Å²) in [5.74, 6) is 0.302. The van der Waals surface area contributed by atoms with Crippen LogP contribution < -0.4 is 0 Å². The Labute approximate surface area is 575 Å². The number of rotatable bonds is 73. The van der Waals surface area contributed by atoms with Gasteiger partial charge < -0.3 is 33.8 Å². The topological polar surface area (TPSA) is 237 Å². The van der Waals surface area contributed by atoms with Crippen LogP contribution in [-0.2, 0) is 65.4 Å². The van der Waals surface area contributed by atoms with E-state index in [4.69, 9.17) is 37.0 Å². The molecule has 0 bridgehead atoms. The Morgan fingerprint density at radius 3 is 0.809 bits per heavy atom. The van der Waals surface area contributed by atoms with Gasteiger partial charge in [-0.2, -0.15) is 0 Å². The van der Waals surface area contributed by atoms with Crippen molar-refractivity contribution in [3.8, 4) is 0 Å². The van der Waals surface area contributed by atoms with E-state index in [1.165, 1.54) is 186 Å². The molecule has 0 heterocycles. The molecule has 0 aromatic heterocycles. The molecule has 0 rings (SSSR count). The van der Waals surface area contributed by atoms with Crippen molar-refractivity contribution in [1.29, 1.82) is 0 Å². The van der Waals surface area contributed by atoms with Gasteiger partial charge in [-0.15, -0.1) is 0 Å². The number of carbonyl (C=O) groups is 4. The van der Waals surface area contributed by atoms with Gasteiger partial charge in [-0.3, -0.25) is 37.3 Å². The van der Waals surface area contributed by atoms with Gasteiger partial charge in [0.25, 0.3) is 0 Å². The first-order valence-corrected chi connectivity index (χ1v) is 41.9. The average Bonchev–Trinajstić information content (AvgIpc) is 1.72. The third kappa shape index (κ3) is 66.0. The number of ether oxygens (including phenoxy) is 4. The lowest BCUT2D eigenvalue weighted by atomic mass is 9.99. The molecule has 0 saturated carbocycles. The molecule has 0 aliphatic heterocycles. The van der Waals surface area contributed by atoms with E-state index >= 15 is 0 Å². The molecular weight excluding hydrogens is 1230 g/mol. The number of aliphatic hydroxyl groups excluding tert-OH is 1. The van der Waals surface area contributed by atoms with Gasteiger partial charge in [-0.25, -0.2) is 9.13 Å². The van der Waals surface area contributed by atoms with Gasteiger partial charge in [0.05, 0.1) is 26.4 Å². The maximum absolute atomic E-state index is 13.1. The maximum Gasteiger partial charge on any atom is 0.472 e. The highest BCUT2D eigenvalue weighted by molar-refractivity contribution is 7.47. The van der Waals surface area contributed by atoms with Crippen molar-refractivity contribution in [3.63, 3.8) is 0 Å². The second-order valence-corrected chi connectivity index (χ2v) is 30.9. The lowest BCUT2D eigenvalue weighted by Crippen LogP contribution is -2.30. The second-order valence-electron chi connectivity index (χ2n) is 28.0. The molecule has 19 heteroatoms. The third-order valence-corrected chi connectivity index (χ3v) is 20.0. The number of esters is 4. The second kappa shape index (κ2) is 65.7. The molecule has 0 amide bonds. The third-order valence-electron chi connectivity index (χ3n) is 18.1. The lowest BCUT2D eigenvalue weighted by Gasteiger charge is -2.21. The number of hydrogen-bond acceptors (Lipinski definition) is 15. The van der Waals surface area contributed by atoms with Crippen molar-refractivity contribution in [2.45, 2.75) is 401 Å². The number of unbranched alkanes of at least 4 members (excludes halogenated alkanes) is 39. The summed E-state index contributed by atoms with van der Waals surface area (Å²) in [7, 11) is -9.90. The molecule has 17 nitrogen and oxygen atoms in total. The fraction of sp³-hybridized carbons (Fsp3) is 0.947. The fourth-order valence-corrected chi connectivity index (χ4v) is 12.9. The molecule has 0 radical (unpaired) electrons. The van der Waals surface area contributed by atoms with Crippen LogP contribution in [0.25, 0.3) is 0 Å². The fourth-order valence-electron chi connectivity index (χ4n) is 11.4. The molecule has 0 aromatic carbocycles. The van der Waals surface area contributed by atoms with Crippen molar-refractivity contribution in [1.82, 2.24) is 0 Å². The summed E-state index contributed by atoms with van der Waals surface area (Å²) < 4.78 is 68.2. The van der Waals surface area contributed by atoms with Crippen molar-refractivity contribution < 1.29 is 80.2 Å². The van der Waals surface area contributed by atoms with E-state index < -0.39 is 97.5 Å². The molecule has 0 aliphatic rings. The molecule has 0 aliphatic carbocycles. The average molecular weight is 1380 g/mol. The monoisotopic (exact) mass is 1380 g/mol. The van der Waals surface area contributed by atoms with Gasteiger partial charge in [-0.1, -0.05) is 331 Å². The Morgan fingerprint density at radius 2 is 0.543 bits per heavy atom. The van der Waals surface area contributed by atoms with E-state index in [0.717, 1.165) is 114 Å². The van der Waals surface area contributed by atoms with Gasteiger partial charge in [0.15, 0.2) is 12.2 Å². The minimum absolute atomic E-state index is 0.105. The number of carbonyl (C=O) groups excluding carboxylic acids is 4. The van der Waals surface area contributed by atoms with Crippen LogP contribution in [-0.4, -0.2) is 96.7 Å². The highest BCUT2D eigenvalue weighted by Crippen LogP contribution is 2.45. The van der Waals surface area contributed by atoms with Crippen LogP contribution in [0.15, 0.2) is 0 Å². The lowest BCUT2D eigenvalue weighted by molar-refractivity contribution is -0.161. The Hall–Kier alpha value is -1.94. The number of hydrogen-bond donors (Lipinski definition) is 3. The van der Waals surface area contributed by atoms with E-state index in [2.05, 4.69) is 48.5 Å². The molecule has 3 N–H and O–H groups in total. The van der Waals surface area contributed by atoms with Crippen molar-refractivity contribution in [3.05, 3.63) is 0 Å². The van der Waals surface area contributed by atoms with Crippen LogP contribution in [0, 0.1) is 17.8 Å². The van der Waals surface area contributed by atoms with E-state index in [0.29, 0.717) is 25.7 Å². The highest BCUT2D eigenvalue weighted by atomic mass is 31.2. The smallest absolute Gasteiger partial charge is 0.462 e. The maximum atomic E-state index is 13.1. The number of phosphoric ester groups is 2. The van der Waals surface area contributed by atoms with Crippen molar-refractivity contribution in [2.24, 2.45) is 17.8 Å². The summed E-state index contributed by atoms with van der Waals surface area (Å²) in [5.41, 5.74) is 0. The molecule has 0 aromatic rings. The Kier molecular flexibility index (Phi) is 64.3. The number of phosphoric acid groups is 2. The van der Waals surface area contributed by atoms with Crippen LogP contribution in [0.2, 0.25) is 0 Å². The van der Waals surface area contributed by atoms with Crippen LogP contribution in [0.4, 0.5) is 0 Å². The summed E-state index contributed by atoms with van der Waals surface area (Å²) in [4.78, 5) is 72.5. The highest BCUT2D eigenvalue weighted by Gasteiger charge is 2.30. The molecule has 0 saturated heterocycles. The summed E-state index contributed by atoms with van der Waals surface area (Å²) in [6, 6.07) is 0. The minimum Gasteiger partial charge on any atom is -0.462 e.